The molecule has 0 fully saturated rings. The van der Waals surface area contributed by atoms with E-state index in [1.165, 1.54) is 6.42 Å². The molecule has 3 nitrogen and oxygen atoms in total. The van der Waals surface area contributed by atoms with Crippen LogP contribution in [0.15, 0.2) is 0 Å². The van der Waals surface area contributed by atoms with Crippen molar-refractivity contribution in [1.82, 2.24) is 10.6 Å². The zero-order valence-electron chi connectivity index (χ0n) is 6.61. The second-order valence-electron chi connectivity index (χ2n) is 2.28. The molecule has 0 aromatic rings. The molecule has 0 aliphatic rings. The van der Waals surface area contributed by atoms with Gasteiger partial charge in [-0.2, -0.15) is 0 Å². The van der Waals surface area contributed by atoms with Gasteiger partial charge in [0.1, 0.15) is 0 Å². The Morgan fingerprint density at radius 2 is 2.30 bits per heavy atom. The third-order valence-electron chi connectivity index (χ3n) is 1.26. The van der Waals surface area contributed by atoms with Crippen LogP contribution >= 0.6 is 0 Å². The molecule has 0 saturated heterocycles. The van der Waals surface area contributed by atoms with Crippen LogP contribution in [-0.2, 0) is 4.79 Å². The second kappa shape index (κ2) is 6.55. The molecule has 1 unspecified atom stereocenters. The van der Waals surface area contributed by atoms with E-state index >= 15 is 0 Å². The van der Waals surface area contributed by atoms with Crippen molar-refractivity contribution in [2.45, 2.75) is 32.9 Å². The molecule has 0 bridgehead atoms. The van der Waals surface area contributed by atoms with Crippen LogP contribution < -0.4 is 10.6 Å². The normalized spacial score (nSPS) is 12.6. The van der Waals surface area contributed by atoms with Crippen molar-refractivity contribution in [3.05, 3.63) is 0 Å². The van der Waals surface area contributed by atoms with Gasteiger partial charge in [-0.1, -0.05) is 13.3 Å². The van der Waals surface area contributed by atoms with Crippen molar-refractivity contribution in [1.29, 1.82) is 0 Å². The highest BCUT2D eigenvalue weighted by Crippen LogP contribution is 1.82. The SMILES string of the molecule is CCCCNC(C)N[C]=O. The first kappa shape index (κ1) is 9.43. The highest BCUT2D eigenvalue weighted by molar-refractivity contribution is 5.47. The van der Waals surface area contributed by atoms with Crippen LogP contribution in [-0.4, -0.2) is 19.1 Å². The summed E-state index contributed by atoms with van der Waals surface area (Å²) < 4.78 is 0. The van der Waals surface area contributed by atoms with Gasteiger partial charge in [-0.3, -0.25) is 10.1 Å². The summed E-state index contributed by atoms with van der Waals surface area (Å²) in [5.41, 5.74) is 0. The molecule has 1 amide bonds. The summed E-state index contributed by atoms with van der Waals surface area (Å²) in [5.74, 6) is 0. The van der Waals surface area contributed by atoms with Gasteiger partial charge in [0.2, 0.25) is 0 Å². The standard InChI is InChI=1S/C7H15N2O/c1-3-4-5-8-7(2)9-6-10/h7-8H,3-5H2,1-2H3,(H,9,10). The van der Waals surface area contributed by atoms with E-state index in [2.05, 4.69) is 17.6 Å². The van der Waals surface area contributed by atoms with Crippen LogP contribution in [0.4, 0.5) is 0 Å². The predicted molar refractivity (Wildman–Crippen MR) is 41.2 cm³/mol. The monoisotopic (exact) mass is 143 g/mol. The maximum atomic E-state index is 9.77. The summed E-state index contributed by atoms with van der Waals surface area (Å²) in [6, 6.07) is 0. The van der Waals surface area contributed by atoms with Crippen molar-refractivity contribution in [2.24, 2.45) is 0 Å². The smallest absolute Gasteiger partial charge is 0.310 e. The number of nitrogens with one attached hydrogen (secondary N) is 2. The molecule has 0 aromatic carbocycles. The molecular formula is C7H15N2O. The highest BCUT2D eigenvalue weighted by atomic mass is 16.1. The lowest BCUT2D eigenvalue weighted by Gasteiger charge is -2.10. The van der Waals surface area contributed by atoms with E-state index in [0.717, 1.165) is 13.0 Å². The number of rotatable bonds is 6. The molecule has 10 heavy (non-hydrogen) atoms. The molecular weight excluding hydrogens is 128 g/mol. The Morgan fingerprint density at radius 3 is 2.80 bits per heavy atom. The Balaban J connectivity index is 3.04. The summed E-state index contributed by atoms with van der Waals surface area (Å²) in [5, 5.41) is 5.60. The summed E-state index contributed by atoms with van der Waals surface area (Å²) in [4.78, 5) is 9.77. The van der Waals surface area contributed by atoms with Crippen molar-refractivity contribution >= 4 is 6.41 Å². The Hall–Kier alpha value is -0.570. The van der Waals surface area contributed by atoms with Gasteiger partial charge in [0, 0.05) is 0 Å². The fourth-order valence-corrected chi connectivity index (χ4v) is 0.635. The van der Waals surface area contributed by atoms with E-state index in [0.29, 0.717) is 0 Å². The van der Waals surface area contributed by atoms with E-state index in [1.807, 2.05) is 6.92 Å². The summed E-state index contributed by atoms with van der Waals surface area (Å²) >= 11 is 0. The van der Waals surface area contributed by atoms with E-state index < -0.39 is 0 Å². The molecule has 0 aromatic heterocycles. The zero-order valence-corrected chi connectivity index (χ0v) is 6.61. The van der Waals surface area contributed by atoms with Gasteiger partial charge in [-0.05, 0) is 19.9 Å². The van der Waals surface area contributed by atoms with Crippen molar-refractivity contribution in [3.63, 3.8) is 0 Å². The average molecular weight is 143 g/mol. The molecule has 3 heteroatoms. The van der Waals surface area contributed by atoms with Crippen LogP contribution in [0.1, 0.15) is 26.7 Å². The topological polar surface area (TPSA) is 41.1 Å². The van der Waals surface area contributed by atoms with Crippen molar-refractivity contribution in [3.8, 4) is 0 Å². The quantitative estimate of drug-likeness (QED) is 0.320. The average Bonchev–Trinajstić information content (AvgIpc) is 1.89. The number of amides is 1. The van der Waals surface area contributed by atoms with E-state index in [1.54, 1.807) is 6.41 Å². The van der Waals surface area contributed by atoms with Gasteiger partial charge in [0.05, 0.1) is 6.17 Å². The number of hydrogen-bond donors (Lipinski definition) is 2. The number of hydrogen-bond acceptors (Lipinski definition) is 2. The largest absolute Gasteiger partial charge is 0.333 e. The first-order chi connectivity index (χ1) is 4.81. The molecule has 0 saturated carbocycles. The third-order valence-corrected chi connectivity index (χ3v) is 1.26. The molecule has 0 aliphatic heterocycles. The Bertz CT molecular complexity index is 85.7. The predicted octanol–water partition coefficient (Wildman–Crippen LogP) is 0.379. The van der Waals surface area contributed by atoms with E-state index in [-0.39, 0.29) is 6.17 Å². The van der Waals surface area contributed by atoms with Crippen molar-refractivity contribution in [2.75, 3.05) is 6.54 Å². The minimum absolute atomic E-state index is 0.0454. The summed E-state index contributed by atoms with van der Waals surface area (Å²) in [6.45, 7) is 4.97. The summed E-state index contributed by atoms with van der Waals surface area (Å²) in [6.07, 6.45) is 3.99. The molecule has 59 valence electrons. The van der Waals surface area contributed by atoms with Gasteiger partial charge < -0.3 is 5.32 Å². The van der Waals surface area contributed by atoms with E-state index in [4.69, 9.17) is 0 Å². The maximum absolute atomic E-state index is 9.77. The van der Waals surface area contributed by atoms with Gasteiger partial charge in [-0.25, -0.2) is 0 Å². The fraction of sp³-hybridized carbons (Fsp3) is 0.857. The van der Waals surface area contributed by atoms with Crippen LogP contribution in [0.2, 0.25) is 0 Å². The minimum Gasteiger partial charge on any atom is -0.333 e. The maximum Gasteiger partial charge on any atom is 0.310 e. The Kier molecular flexibility index (Phi) is 6.18. The molecule has 2 N–H and O–H groups in total. The van der Waals surface area contributed by atoms with Gasteiger partial charge in [0.25, 0.3) is 0 Å². The summed E-state index contributed by atoms with van der Waals surface area (Å²) in [7, 11) is 0. The van der Waals surface area contributed by atoms with Gasteiger partial charge in [0.15, 0.2) is 0 Å². The third kappa shape index (κ3) is 5.56. The molecule has 0 heterocycles. The molecule has 0 spiro atoms. The van der Waals surface area contributed by atoms with Crippen LogP contribution in [0, 0.1) is 0 Å². The van der Waals surface area contributed by atoms with Crippen LogP contribution in [0.5, 0.6) is 0 Å². The lowest BCUT2D eigenvalue weighted by molar-refractivity contribution is 0.477. The van der Waals surface area contributed by atoms with Crippen LogP contribution in [0.25, 0.3) is 0 Å². The molecule has 1 radical (unpaired) electrons. The fourth-order valence-electron chi connectivity index (χ4n) is 0.635. The molecule has 0 aliphatic carbocycles. The van der Waals surface area contributed by atoms with Gasteiger partial charge in [-0.15, -0.1) is 0 Å². The Morgan fingerprint density at radius 1 is 1.60 bits per heavy atom. The minimum atomic E-state index is 0.0454. The Labute approximate surface area is 62.2 Å². The molecule has 1 atom stereocenters. The lowest BCUT2D eigenvalue weighted by atomic mass is 10.3. The highest BCUT2D eigenvalue weighted by Gasteiger charge is 1.95. The van der Waals surface area contributed by atoms with Crippen molar-refractivity contribution < 1.29 is 4.79 Å². The van der Waals surface area contributed by atoms with Gasteiger partial charge >= 0.3 is 6.41 Å². The van der Waals surface area contributed by atoms with Crippen LogP contribution in [0.3, 0.4) is 0 Å². The zero-order chi connectivity index (χ0) is 7.82. The number of carbonyl (C=O) groups excluding carboxylic acids is 1. The number of unbranched alkanes of at least 4 members (excludes halogenated alkanes) is 1. The second-order valence-corrected chi connectivity index (χ2v) is 2.28. The lowest BCUT2D eigenvalue weighted by Crippen LogP contribution is -2.39. The molecule has 0 rings (SSSR count). The first-order valence-corrected chi connectivity index (χ1v) is 3.67. The van der Waals surface area contributed by atoms with E-state index in [9.17, 15) is 4.79 Å². The first-order valence-electron chi connectivity index (χ1n) is 3.67.